The van der Waals surface area contributed by atoms with Gasteiger partial charge in [-0.3, -0.25) is 0 Å². The van der Waals surface area contributed by atoms with Gasteiger partial charge in [0.15, 0.2) is 0 Å². The van der Waals surface area contributed by atoms with Gasteiger partial charge in [-0.2, -0.15) is 0 Å². The van der Waals surface area contributed by atoms with Crippen molar-refractivity contribution in [2.45, 2.75) is 31.9 Å². The molecule has 0 amide bonds. The first-order chi connectivity index (χ1) is 9.83. The third-order valence-electron chi connectivity index (χ3n) is 3.95. The van der Waals surface area contributed by atoms with Crippen molar-refractivity contribution in [3.63, 3.8) is 0 Å². The Balaban J connectivity index is 1.55. The average molecular weight is 267 g/mol. The van der Waals surface area contributed by atoms with Crippen LogP contribution in [0.2, 0.25) is 0 Å². The summed E-state index contributed by atoms with van der Waals surface area (Å²) in [6, 6.07) is 19.3. The number of nitrogens with one attached hydrogen (secondary N) is 1. The molecule has 1 heterocycles. The quantitative estimate of drug-likeness (QED) is 0.911. The molecule has 0 saturated carbocycles. The summed E-state index contributed by atoms with van der Waals surface area (Å²) in [5.74, 6) is 1.05. The third kappa shape index (κ3) is 3.02. The normalized spacial score (nSPS) is 18.9. The fraction of sp³-hybridized carbons (Fsp3) is 0.333. The van der Waals surface area contributed by atoms with E-state index < -0.39 is 0 Å². The van der Waals surface area contributed by atoms with E-state index in [9.17, 15) is 0 Å². The zero-order valence-corrected chi connectivity index (χ0v) is 11.9. The number of benzene rings is 2. The van der Waals surface area contributed by atoms with E-state index in [1.807, 2.05) is 6.07 Å². The van der Waals surface area contributed by atoms with Gasteiger partial charge in [0.05, 0.1) is 0 Å². The Bertz CT molecular complexity index is 552. The van der Waals surface area contributed by atoms with Crippen LogP contribution < -0.4 is 10.1 Å². The van der Waals surface area contributed by atoms with Crippen LogP contribution in [0, 0.1) is 0 Å². The maximum Gasteiger partial charge on any atom is 0.122 e. The van der Waals surface area contributed by atoms with Crippen LogP contribution in [0.1, 0.15) is 30.5 Å². The van der Waals surface area contributed by atoms with Crippen LogP contribution in [0.15, 0.2) is 54.6 Å². The molecule has 0 aliphatic carbocycles. The predicted molar refractivity (Wildman–Crippen MR) is 82.0 cm³/mol. The number of hydrogen-bond acceptors (Lipinski definition) is 2. The largest absolute Gasteiger partial charge is 0.489 e. The number of rotatable bonds is 4. The zero-order chi connectivity index (χ0) is 13.8. The molecule has 0 radical (unpaired) electrons. The summed E-state index contributed by atoms with van der Waals surface area (Å²) in [7, 11) is 0. The van der Waals surface area contributed by atoms with E-state index in [0.29, 0.717) is 6.04 Å². The van der Waals surface area contributed by atoms with Crippen LogP contribution in [-0.4, -0.2) is 12.6 Å². The van der Waals surface area contributed by atoms with Gasteiger partial charge in [0.25, 0.3) is 0 Å². The maximum atomic E-state index is 6.06. The second kappa shape index (κ2) is 6.10. The minimum absolute atomic E-state index is 0.274. The van der Waals surface area contributed by atoms with Crippen molar-refractivity contribution >= 4 is 0 Å². The van der Waals surface area contributed by atoms with Gasteiger partial charge < -0.3 is 10.1 Å². The second-order valence-corrected chi connectivity index (χ2v) is 5.43. The highest BCUT2D eigenvalue weighted by atomic mass is 16.5. The monoisotopic (exact) mass is 267 g/mol. The summed E-state index contributed by atoms with van der Waals surface area (Å²) >= 11 is 0. The van der Waals surface area contributed by atoms with E-state index in [-0.39, 0.29) is 6.10 Å². The molecule has 2 aromatic rings. The van der Waals surface area contributed by atoms with Crippen LogP contribution in [-0.2, 0) is 6.42 Å². The van der Waals surface area contributed by atoms with Crippen LogP contribution >= 0.6 is 0 Å². The summed E-state index contributed by atoms with van der Waals surface area (Å²) in [6.07, 6.45) is 2.48. The molecule has 0 unspecified atom stereocenters. The summed E-state index contributed by atoms with van der Waals surface area (Å²) in [6.45, 7) is 3.09. The number of ether oxygens (including phenoxy) is 1. The lowest BCUT2D eigenvalue weighted by Gasteiger charge is -2.27. The average Bonchev–Trinajstić information content (AvgIpc) is 2.53. The lowest BCUT2D eigenvalue weighted by molar-refractivity contribution is 0.167. The van der Waals surface area contributed by atoms with Crippen LogP contribution in [0.4, 0.5) is 0 Å². The Morgan fingerprint density at radius 2 is 1.85 bits per heavy atom. The van der Waals surface area contributed by atoms with Crippen molar-refractivity contribution in [1.82, 2.24) is 5.32 Å². The van der Waals surface area contributed by atoms with Crippen molar-refractivity contribution in [2.24, 2.45) is 0 Å². The highest BCUT2D eigenvalue weighted by molar-refractivity contribution is 5.35. The molecule has 0 bridgehead atoms. The number of hydrogen-bond donors (Lipinski definition) is 1. The first kappa shape index (κ1) is 13.2. The number of aryl methyl sites for hydroxylation is 1. The first-order valence-corrected chi connectivity index (χ1v) is 7.36. The Hall–Kier alpha value is -1.80. The molecule has 2 atom stereocenters. The lowest BCUT2D eigenvalue weighted by Crippen LogP contribution is -2.35. The molecular formula is C18H21NO. The molecule has 0 aromatic heterocycles. The van der Waals surface area contributed by atoms with E-state index in [2.05, 4.69) is 60.8 Å². The Morgan fingerprint density at radius 3 is 2.70 bits per heavy atom. The number of fused-ring (bicyclic) bond motifs is 1. The molecule has 2 aromatic carbocycles. The van der Waals surface area contributed by atoms with E-state index in [4.69, 9.17) is 4.74 Å². The molecule has 1 aliphatic heterocycles. The fourth-order valence-electron chi connectivity index (χ4n) is 2.69. The van der Waals surface area contributed by atoms with Gasteiger partial charge in [0.2, 0.25) is 0 Å². The highest BCUT2D eigenvalue weighted by Crippen LogP contribution is 2.27. The van der Waals surface area contributed by atoms with Crippen LogP contribution in [0.25, 0.3) is 0 Å². The van der Waals surface area contributed by atoms with Crippen LogP contribution in [0.3, 0.4) is 0 Å². The van der Waals surface area contributed by atoms with Gasteiger partial charge in [0, 0.05) is 12.6 Å². The maximum absolute atomic E-state index is 6.06. The molecule has 2 heteroatoms. The Morgan fingerprint density at radius 1 is 1.10 bits per heavy atom. The van der Waals surface area contributed by atoms with Gasteiger partial charge in [-0.25, -0.2) is 0 Å². The molecule has 3 rings (SSSR count). The zero-order valence-electron chi connectivity index (χ0n) is 11.9. The molecule has 0 saturated heterocycles. The number of para-hydroxylation sites is 1. The summed E-state index contributed by atoms with van der Waals surface area (Å²) in [4.78, 5) is 0. The summed E-state index contributed by atoms with van der Waals surface area (Å²) in [5.41, 5.74) is 2.66. The van der Waals surface area contributed by atoms with Gasteiger partial charge in [-0.05, 0) is 37.0 Å². The van der Waals surface area contributed by atoms with Gasteiger partial charge in [-0.15, -0.1) is 0 Å². The van der Waals surface area contributed by atoms with E-state index in [1.165, 1.54) is 11.1 Å². The van der Waals surface area contributed by atoms with Gasteiger partial charge in [-0.1, -0.05) is 48.5 Å². The summed E-state index contributed by atoms with van der Waals surface area (Å²) < 4.78 is 6.06. The topological polar surface area (TPSA) is 21.3 Å². The second-order valence-electron chi connectivity index (χ2n) is 5.43. The Kier molecular flexibility index (Phi) is 4.03. The van der Waals surface area contributed by atoms with Crippen molar-refractivity contribution in [1.29, 1.82) is 0 Å². The van der Waals surface area contributed by atoms with Crippen molar-refractivity contribution in [3.8, 4) is 5.75 Å². The predicted octanol–water partition coefficient (Wildman–Crippen LogP) is 3.73. The Labute approximate surface area is 120 Å². The van der Waals surface area contributed by atoms with Crippen molar-refractivity contribution < 1.29 is 4.74 Å². The van der Waals surface area contributed by atoms with Gasteiger partial charge >= 0.3 is 0 Å². The van der Waals surface area contributed by atoms with Crippen molar-refractivity contribution in [3.05, 3.63) is 65.7 Å². The van der Waals surface area contributed by atoms with Gasteiger partial charge in [0.1, 0.15) is 11.9 Å². The molecule has 2 nitrogen and oxygen atoms in total. The molecule has 1 aliphatic rings. The highest BCUT2D eigenvalue weighted by Gasteiger charge is 2.19. The van der Waals surface area contributed by atoms with E-state index >= 15 is 0 Å². The molecule has 20 heavy (non-hydrogen) atoms. The molecule has 1 N–H and O–H groups in total. The van der Waals surface area contributed by atoms with Crippen LogP contribution in [0.5, 0.6) is 5.75 Å². The standard InChI is InChI=1S/C18H21NO/c1-14(15-7-3-2-4-8-15)19-13-17-12-11-16-9-5-6-10-18(16)20-17/h2-10,14,17,19H,11-13H2,1H3/t14-,17-/m1/s1. The van der Waals surface area contributed by atoms with E-state index in [0.717, 1.165) is 25.1 Å². The lowest BCUT2D eigenvalue weighted by atomic mass is 10.0. The molecule has 104 valence electrons. The first-order valence-electron chi connectivity index (χ1n) is 7.36. The fourth-order valence-corrected chi connectivity index (χ4v) is 2.69. The minimum Gasteiger partial charge on any atom is -0.489 e. The molecular weight excluding hydrogens is 246 g/mol. The van der Waals surface area contributed by atoms with Crippen molar-refractivity contribution in [2.75, 3.05) is 6.54 Å². The third-order valence-corrected chi connectivity index (χ3v) is 3.95. The smallest absolute Gasteiger partial charge is 0.122 e. The molecule has 0 fully saturated rings. The summed E-state index contributed by atoms with van der Waals surface area (Å²) in [5, 5.41) is 3.57. The minimum atomic E-state index is 0.274. The SMILES string of the molecule is C[C@@H](NC[C@H]1CCc2ccccc2O1)c1ccccc1. The van der Waals surface area contributed by atoms with E-state index in [1.54, 1.807) is 0 Å². The molecule has 0 spiro atoms.